The number of hydrogen-bond donors (Lipinski definition) is 0. The monoisotopic (exact) mass is 297 g/mol. The minimum Gasteiger partial charge on any atom is -0.486 e. The second kappa shape index (κ2) is 6.85. The van der Waals surface area contributed by atoms with Crippen molar-refractivity contribution >= 4 is 16.3 Å². The average molecular weight is 297 g/mol. The van der Waals surface area contributed by atoms with Crippen LogP contribution in [0.4, 0.5) is 0 Å². The van der Waals surface area contributed by atoms with Gasteiger partial charge < -0.3 is 4.74 Å². The van der Waals surface area contributed by atoms with Crippen molar-refractivity contribution in [1.82, 2.24) is 4.31 Å². The molecule has 1 heterocycles. The summed E-state index contributed by atoms with van der Waals surface area (Å²) >= 11 is 0. The first-order valence-electron chi connectivity index (χ1n) is 6.81. The quantitative estimate of drug-likeness (QED) is 0.778. The lowest BCUT2D eigenvalue weighted by Gasteiger charge is -2.20. The molecular weight excluding hydrogens is 278 g/mol. The molecule has 6 heteroatoms. The van der Waals surface area contributed by atoms with Crippen LogP contribution < -0.4 is 4.74 Å². The fourth-order valence-electron chi connectivity index (χ4n) is 2.27. The number of carbonyl (C=O) groups excluding carboxylic acids is 1. The molecule has 1 fully saturated rings. The molecule has 0 atom stereocenters. The number of hydrogen-bond acceptors (Lipinski definition) is 4. The second-order valence-corrected chi connectivity index (χ2v) is 6.71. The predicted molar refractivity (Wildman–Crippen MR) is 75.2 cm³/mol. The second-order valence-electron chi connectivity index (χ2n) is 4.77. The molecule has 2 rings (SSSR count). The first-order valence-corrected chi connectivity index (χ1v) is 8.25. The molecule has 1 aliphatic heterocycles. The van der Waals surface area contributed by atoms with Crippen molar-refractivity contribution in [3.05, 3.63) is 24.3 Å². The highest BCUT2D eigenvalue weighted by Gasteiger charge is 2.24. The van der Waals surface area contributed by atoms with Crippen LogP contribution in [-0.4, -0.2) is 38.7 Å². The van der Waals surface area contributed by atoms with E-state index in [9.17, 15) is 13.2 Å². The van der Waals surface area contributed by atoms with Gasteiger partial charge in [-0.15, -0.1) is 0 Å². The van der Waals surface area contributed by atoms with Gasteiger partial charge in [0.2, 0.25) is 10.0 Å². The Hall–Kier alpha value is -1.40. The fourth-order valence-corrected chi connectivity index (χ4v) is 3.79. The van der Waals surface area contributed by atoms with Crippen LogP contribution in [-0.2, 0) is 14.8 Å². The average Bonchev–Trinajstić information content (AvgIpc) is 2.75. The predicted octanol–water partition coefficient (Wildman–Crippen LogP) is 1.83. The Bertz CT molecular complexity index is 531. The summed E-state index contributed by atoms with van der Waals surface area (Å²) in [5.41, 5.74) is 0. The first-order chi connectivity index (χ1) is 9.64. The molecule has 0 aromatic heterocycles. The standard InChI is InChI=1S/C14H19NO4S/c16-11-12-19-13-5-7-14(8-6-13)20(17,18)15-9-3-1-2-4-10-15/h5-8,11H,1-4,9-10,12H2. The molecule has 0 bridgehead atoms. The maximum atomic E-state index is 12.5. The van der Waals surface area contributed by atoms with E-state index in [1.807, 2.05) is 0 Å². The largest absolute Gasteiger partial charge is 0.486 e. The highest BCUT2D eigenvalue weighted by Crippen LogP contribution is 2.22. The molecule has 0 amide bonds. The van der Waals surface area contributed by atoms with Gasteiger partial charge in [0.1, 0.15) is 12.4 Å². The lowest BCUT2D eigenvalue weighted by Crippen LogP contribution is -2.31. The van der Waals surface area contributed by atoms with E-state index in [0.29, 0.717) is 25.1 Å². The van der Waals surface area contributed by atoms with Gasteiger partial charge in [-0.3, -0.25) is 4.79 Å². The number of ether oxygens (including phenoxy) is 1. The minimum absolute atomic E-state index is 0.0295. The Morgan fingerprint density at radius 3 is 2.20 bits per heavy atom. The molecule has 5 nitrogen and oxygen atoms in total. The third-order valence-electron chi connectivity index (χ3n) is 3.34. The Balaban J connectivity index is 2.13. The van der Waals surface area contributed by atoms with E-state index < -0.39 is 10.0 Å². The first kappa shape index (κ1) is 15.0. The highest BCUT2D eigenvalue weighted by molar-refractivity contribution is 7.89. The molecule has 0 unspecified atom stereocenters. The minimum atomic E-state index is -3.41. The third-order valence-corrected chi connectivity index (χ3v) is 5.26. The van der Waals surface area contributed by atoms with E-state index in [1.165, 1.54) is 12.1 Å². The molecule has 110 valence electrons. The highest BCUT2D eigenvalue weighted by atomic mass is 32.2. The van der Waals surface area contributed by atoms with Gasteiger partial charge in [0, 0.05) is 13.1 Å². The zero-order valence-corrected chi connectivity index (χ0v) is 12.1. The van der Waals surface area contributed by atoms with Gasteiger partial charge >= 0.3 is 0 Å². The summed E-state index contributed by atoms with van der Waals surface area (Å²) < 4.78 is 31.7. The van der Waals surface area contributed by atoms with Crippen LogP contribution in [0, 0.1) is 0 Å². The number of carbonyl (C=O) groups is 1. The molecule has 20 heavy (non-hydrogen) atoms. The van der Waals surface area contributed by atoms with Crippen LogP contribution in [0.3, 0.4) is 0 Å². The molecule has 0 spiro atoms. The summed E-state index contributed by atoms with van der Waals surface area (Å²) in [5.74, 6) is 0.493. The topological polar surface area (TPSA) is 63.7 Å². The molecule has 1 aliphatic rings. The molecule has 0 aliphatic carbocycles. The van der Waals surface area contributed by atoms with E-state index >= 15 is 0 Å². The Labute approximate surface area is 119 Å². The number of rotatable bonds is 5. The SMILES string of the molecule is O=CCOc1ccc(S(=O)(=O)N2CCCCCC2)cc1. The van der Waals surface area contributed by atoms with Crippen LogP contribution in [0.2, 0.25) is 0 Å². The van der Waals surface area contributed by atoms with Gasteiger partial charge in [-0.25, -0.2) is 8.42 Å². The van der Waals surface area contributed by atoms with E-state index in [-0.39, 0.29) is 11.5 Å². The van der Waals surface area contributed by atoms with Gasteiger partial charge in [-0.05, 0) is 37.1 Å². The molecular formula is C14H19NO4S. The van der Waals surface area contributed by atoms with Crippen molar-refractivity contribution in [1.29, 1.82) is 0 Å². The third kappa shape index (κ3) is 3.58. The fraction of sp³-hybridized carbons (Fsp3) is 0.500. The lowest BCUT2D eigenvalue weighted by atomic mass is 10.2. The van der Waals surface area contributed by atoms with Crippen molar-refractivity contribution in [2.45, 2.75) is 30.6 Å². The zero-order chi connectivity index (χ0) is 14.4. The van der Waals surface area contributed by atoms with E-state index in [0.717, 1.165) is 25.7 Å². The van der Waals surface area contributed by atoms with Crippen LogP contribution in [0.15, 0.2) is 29.2 Å². The number of nitrogens with zero attached hydrogens (tertiary/aromatic N) is 1. The summed E-state index contributed by atoms with van der Waals surface area (Å²) in [7, 11) is -3.41. The van der Waals surface area contributed by atoms with Crippen molar-refractivity contribution < 1.29 is 17.9 Å². The lowest BCUT2D eigenvalue weighted by molar-refractivity contribution is -0.109. The van der Waals surface area contributed by atoms with E-state index in [2.05, 4.69) is 0 Å². The summed E-state index contributed by atoms with van der Waals surface area (Å²) in [6.45, 7) is 1.15. The summed E-state index contributed by atoms with van der Waals surface area (Å²) in [6, 6.07) is 6.21. The zero-order valence-electron chi connectivity index (χ0n) is 11.3. The van der Waals surface area contributed by atoms with Crippen LogP contribution >= 0.6 is 0 Å². The smallest absolute Gasteiger partial charge is 0.243 e. The summed E-state index contributed by atoms with van der Waals surface area (Å²) in [6.07, 6.45) is 4.66. The van der Waals surface area contributed by atoms with Crippen LogP contribution in [0.5, 0.6) is 5.75 Å². The van der Waals surface area contributed by atoms with Gasteiger partial charge in [-0.2, -0.15) is 4.31 Å². The number of aldehydes is 1. The maximum Gasteiger partial charge on any atom is 0.243 e. The Morgan fingerprint density at radius 1 is 1.05 bits per heavy atom. The normalized spacial score (nSPS) is 17.4. The van der Waals surface area contributed by atoms with Crippen LogP contribution in [0.25, 0.3) is 0 Å². The number of benzene rings is 1. The molecule has 1 aromatic rings. The van der Waals surface area contributed by atoms with Gasteiger partial charge in [-0.1, -0.05) is 12.8 Å². The summed E-state index contributed by atoms with van der Waals surface area (Å²) in [5, 5.41) is 0. The van der Waals surface area contributed by atoms with Crippen molar-refractivity contribution in [2.75, 3.05) is 19.7 Å². The molecule has 0 saturated carbocycles. The van der Waals surface area contributed by atoms with Gasteiger partial charge in [0.25, 0.3) is 0 Å². The summed E-state index contributed by atoms with van der Waals surface area (Å²) in [4.78, 5) is 10.5. The van der Waals surface area contributed by atoms with E-state index in [4.69, 9.17) is 4.74 Å². The van der Waals surface area contributed by atoms with Crippen LogP contribution in [0.1, 0.15) is 25.7 Å². The molecule has 1 saturated heterocycles. The van der Waals surface area contributed by atoms with Crippen molar-refractivity contribution in [3.8, 4) is 5.75 Å². The van der Waals surface area contributed by atoms with E-state index in [1.54, 1.807) is 16.4 Å². The van der Waals surface area contributed by atoms with Crippen molar-refractivity contribution in [3.63, 3.8) is 0 Å². The maximum absolute atomic E-state index is 12.5. The molecule has 0 N–H and O–H groups in total. The number of sulfonamides is 1. The van der Waals surface area contributed by atoms with Gasteiger partial charge in [0.05, 0.1) is 4.90 Å². The Kier molecular flexibility index (Phi) is 5.14. The van der Waals surface area contributed by atoms with Crippen molar-refractivity contribution in [2.24, 2.45) is 0 Å². The van der Waals surface area contributed by atoms with Gasteiger partial charge in [0.15, 0.2) is 6.29 Å². The Morgan fingerprint density at radius 2 is 1.65 bits per heavy atom. The molecule has 1 aromatic carbocycles. The molecule has 0 radical (unpaired) electrons.